The average molecular weight is 233 g/mol. The molecule has 0 aromatic carbocycles. The summed E-state index contributed by atoms with van der Waals surface area (Å²) in [5, 5.41) is 0. The van der Waals surface area contributed by atoms with Gasteiger partial charge in [0.05, 0.1) is 0 Å². The smallest absolute Gasteiger partial charge is 0.00624 e. The van der Waals surface area contributed by atoms with Crippen LogP contribution in [-0.2, 0) is 0 Å². The minimum Gasteiger partial charge on any atom is -0.405 e. The molecule has 1 fully saturated rings. The van der Waals surface area contributed by atoms with E-state index in [-0.39, 0.29) is 0 Å². The predicted molar refractivity (Wildman–Crippen MR) is 78.6 cm³/mol. The number of hydrogen-bond donors (Lipinski definition) is 1. The molecule has 2 atom stereocenters. The van der Waals surface area contributed by atoms with E-state index in [1.54, 1.807) is 17.7 Å². The Labute approximate surface area is 107 Å². The second kappa shape index (κ2) is 7.94. The molecule has 1 rings (SSSR count). The van der Waals surface area contributed by atoms with Crippen molar-refractivity contribution in [2.24, 2.45) is 17.1 Å². The van der Waals surface area contributed by atoms with Gasteiger partial charge in [-0.2, -0.15) is 0 Å². The molecule has 1 nitrogen and oxygen atoms in total. The molecule has 0 saturated heterocycles. The Morgan fingerprint density at radius 1 is 1.41 bits per heavy atom. The Morgan fingerprint density at radius 2 is 2.00 bits per heavy atom. The lowest BCUT2D eigenvalue weighted by atomic mass is 9.93. The van der Waals surface area contributed by atoms with Crippen LogP contribution in [-0.4, -0.2) is 0 Å². The highest BCUT2D eigenvalue weighted by Gasteiger charge is 2.47. The van der Waals surface area contributed by atoms with Gasteiger partial charge < -0.3 is 5.73 Å². The molecule has 0 aromatic heterocycles. The molecule has 2 N–H and O–H groups in total. The third-order valence-electron chi connectivity index (χ3n) is 3.59. The molecule has 0 spiro atoms. The van der Waals surface area contributed by atoms with Crippen LogP contribution in [0.4, 0.5) is 0 Å². The summed E-state index contributed by atoms with van der Waals surface area (Å²) >= 11 is 0. The van der Waals surface area contributed by atoms with Crippen LogP contribution in [0.15, 0.2) is 48.7 Å². The number of rotatable bonds is 4. The summed E-state index contributed by atoms with van der Waals surface area (Å²) in [6.45, 7) is 12.6. The van der Waals surface area contributed by atoms with Gasteiger partial charge in [-0.25, -0.2) is 0 Å². The fourth-order valence-corrected chi connectivity index (χ4v) is 2.17. The second-order valence-corrected chi connectivity index (χ2v) is 4.70. The molecule has 1 saturated carbocycles. The van der Waals surface area contributed by atoms with E-state index in [1.165, 1.54) is 19.0 Å². The van der Waals surface area contributed by atoms with Crippen LogP contribution < -0.4 is 5.73 Å². The first kappa shape index (κ1) is 15.8. The topological polar surface area (TPSA) is 26.0 Å². The Bertz CT molecular complexity index is 309. The Morgan fingerprint density at radius 3 is 2.24 bits per heavy atom. The van der Waals surface area contributed by atoms with E-state index < -0.39 is 0 Å². The zero-order valence-corrected chi connectivity index (χ0v) is 11.7. The minimum atomic E-state index is 0.587. The number of nitrogens with two attached hydrogens (primary N) is 1. The number of hydrogen-bond acceptors (Lipinski definition) is 1. The van der Waals surface area contributed by atoms with Crippen molar-refractivity contribution in [1.82, 2.24) is 0 Å². The molecule has 0 amide bonds. The Balaban J connectivity index is 0.000000325. The fraction of sp³-hybridized carbons (Fsp3) is 0.500. The van der Waals surface area contributed by atoms with Gasteiger partial charge >= 0.3 is 0 Å². The van der Waals surface area contributed by atoms with Crippen molar-refractivity contribution in [1.29, 1.82) is 0 Å². The molecule has 17 heavy (non-hydrogen) atoms. The van der Waals surface area contributed by atoms with E-state index in [2.05, 4.69) is 40.3 Å². The first-order valence-electron chi connectivity index (χ1n) is 6.38. The van der Waals surface area contributed by atoms with Crippen LogP contribution >= 0.6 is 0 Å². The second-order valence-electron chi connectivity index (χ2n) is 4.70. The highest BCUT2D eigenvalue weighted by Crippen LogP contribution is 2.57. The van der Waals surface area contributed by atoms with Gasteiger partial charge in [0.15, 0.2) is 0 Å². The maximum absolute atomic E-state index is 5.00. The molecular weight excluding hydrogens is 206 g/mol. The summed E-state index contributed by atoms with van der Waals surface area (Å²) in [6.07, 6.45) is 13.5. The molecule has 96 valence electrons. The lowest BCUT2D eigenvalue weighted by Crippen LogP contribution is -2.00. The molecule has 0 aromatic rings. The van der Waals surface area contributed by atoms with Crippen LogP contribution in [0.5, 0.6) is 0 Å². The van der Waals surface area contributed by atoms with E-state index in [1.807, 2.05) is 12.2 Å². The normalized spacial score (nSPS) is 28.0. The monoisotopic (exact) mass is 233 g/mol. The summed E-state index contributed by atoms with van der Waals surface area (Å²) in [4.78, 5) is 0. The lowest BCUT2D eigenvalue weighted by Gasteiger charge is -2.12. The van der Waals surface area contributed by atoms with Crippen molar-refractivity contribution >= 4 is 0 Å². The highest BCUT2D eigenvalue weighted by molar-refractivity contribution is 5.22. The summed E-state index contributed by atoms with van der Waals surface area (Å²) < 4.78 is 0. The first-order chi connectivity index (χ1) is 8.06. The highest BCUT2D eigenvalue weighted by atomic mass is 14.5. The van der Waals surface area contributed by atoms with Crippen LogP contribution in [0.1, 0.15) is 40.5 Å². The van der Waals surface area contributed by atoms with Crippen molar-refractivity contribution < 1.29 is 0 Å². The standard InChI is InChI=1S/C10H18.C6H9N/c1-5-9(6-2)10(4)7-8(10)3;1-2-3-4-5-6-7/h5,8H,6-7H2,1-4H3;2-6H,1,7H2/b9-5+;4-3+,6-5+. The van der Waals surface area contributed by atoms with Gasteiger partial charge in [-0.05, 0) is 43.4 Å². The van der Waals surface area contributed by atoms with Crippen molar-refractivity contribution in [2.75, 3.05) is 0 Å². The van der Waals surface area contributed by atoms with Gasteiger partial charge in [-0.3, -0.25) is 0 Å². The van der Waals surface area contributed by atoms with Gasteiger partial charge in [-0.1, -0.05) is 57.2 Å². The van der Waals surface area contributed by atoms with Gasteiger partial charge in [0.2, 0.25) is 0 Å². The van der Waals surface area contributed by atoms with Crippen LogP contribution in [0.25, 0.3) is 0 Å². The third-order valence-corrected chi connectivity index (χ3v) is 3.59. The zero-order chi connectivity index (χ0) is 13.3. The molecule has 1 aliphatic rings. The van der Waals surface area contributed by atoms with Crippen molar-refractivity contribution in [3.8, 4) is 0 Å². The van der Waals surface area contributed by atoms with Crippen molar-refractivity contribution in [2.45, 2.75) is 40.5 Å². The van der Waals surface area contributed by atoms with E-state index in [0.717, 1.165) is 5.92 Å². The molecule has 2 unspecified atom stereocenters. The van der Waals surface area contributed by atoms with Crippen LogP contribution in [0.2, 0.25) is 0 Å². The fourth-order valence-electron chi connectivity index (χ4n) is 2.17. The molecule has 0 heterocycles. The van der Waals surface area contributed by atoms with Gasteiger partial charge in [0.25, 0.3) is 0 Å². The predicted octanol–water partition coefficient (Wildman–Crippen LogP) is 4.59. The zero-order valence-electron chi connectivity index (χ0n) is 11.7. The Hall–Kier alpha value is -1.24. The summed E-state index contributed by atoms with van der Waals surface area (Å²) in [5.74, 6) is 0.929. The first-order valence-corrected chi connectivity index (χ1v) is 6.38. The SMILES string of the molecule is C/C=C(\CC)C1(C)CC1C.C=C/C=C/C=C/N. The van der Waals surface area contributed by atoms with Crippen LogP contribution in [0, 0.1) is 11.3 Å². The largest absolute Gasteiger partial charge is 0.405 e. The van der Waals surface area contributed by atoms with E-state index in [4.69, 9.17) is 5.73 Å². The third kappa shape index (κ3) is 5.08. The van der Waals surface area contributed by atoms with Gasteiger partial charge in [0.1, 0.15) is 0 Å². The maximum atomic E-state index is 5.00. The average Bonchev–Trinajstić information content (AvgIpc) is 2.91. The van der Waals surface area contributed by atoms with Crippen LogP contribution in [0.3, 0.4) is 0 Å². The number of allylic oxidation sites excluding steroid dienone is 6. The van der Waals surface area contributed by atoms with Gasteiger partial charge in [0, 0.05) is 0 Å². The lowest BCUT2D eigenvalue weighted by molar-refractivity contribution is 0.596. The van der Waals surface area contributed by atoms with Crippen molar-refractivity contribution in [3.63, 3.8) is 0 Å². The summed E-state index contributed by atoms with van der Waals surface area (Å²) in [5.41, 5.74) is 7.24. The van der Waals surface area contributed by atoms with E-state index >= 15 is 0 Å². The van der Waals surface area contributed by atoms with Crippen molar-refractivity contribution in [3.05, 3.63) is 48.7 Å². The summed E-state index contributed by atoms with van der Waals surface area (Å²) in [6, 6.07) is 0. The molecule has 1 aliphatic carbocycles. The minimum absolute atomic E-state index is 0.587. The molecular formula is C16H27N. The summed E-state index contributed by atoms with van der Waals surface area (Å²) in [7, 11) is 0. The quantitative estimate of drug-likeness (QED) is 0.558. The molecule has 0 aliphatic heterocycles. The molecule has 0 radical (unpaired) electrons. The molecule has 1 heteroatoms. The Kier molecular flexibility index (Phi) is 7.36. The maximum Gasteiger partial charge on any atom is -0.00624 e. The van der Waals surface area contributed by atoms with E-state index in [9.17, 15) is 0 Å². The van der Waals surface area contributed by atoms with E-state index in [0.29, 0.717) is 5.41 Å². The van der Waals surface area contributed by atoms with Gasteiger partial charge in [-0.15, -0.1) is 0 Å². The molecule has 0 bridgehead atoms.